The number of ether oxygens (including phenoxy) is 3. The van der Waals surface area contributed by atoms with E-state index in [0.717, 1.165) is 17.7 Å². The molecular weight excluding hydrogens is 318 g/mol. The quantitative estimate of drug-likeness (QED) is 0.733. The largest absolute Gasteiger partial charge is 0.497 e. The molecule has 5 nitrogen and oxygen atoms in total. The van der Waals surface area contributed by atoms with Crippen LogP contribution in [0.3, 0.4) is 0 Å². The number of anilines is 1. The number of benzene rings is 2. The molecule has 1 amide bonds. The van der Waals surface area contributed by atoms with Crippen molar-refractivity contribution in [1.82, 2.24) is 0 Å². The number of hydrogen-bond acceptors (Lipinski definition) is 4. The van der Waals surface area contributed by atoms with Gasteiger partial charge in [0, 0.05) is 12.1 Å². The number of rotatable bonds is 8. The van der Waals surface area contributed by atoms with E-state index in [1.165, 1.54) is 6.08 Å². The van der Waals surface area contributed by atoms with E-state index in [-0.39, 0.29) is 5.91 Å². The van der Waals surface area contributed by atoms with Crippen molar-refractivity contribution in [3.8, 4) is 17.2 Å². The lowest BCUT2D eigenvalue weighted by Gasteiger charge is -2.10. The molecule has 25 heavy (non-hydrogen) atoms. The van der Waals surface area contributed by atoms with Gasteiger partial charge in [0.25, 0.3) is 0 Å². The molecule has 132 valence electrons. The lowest BCUT2D eigenvalue weighted by atomic mass is 10.2. The Morgan fingerprint density at radius 3 is 2.40 bits per heavy atom. The van der Waals surface area contributed by atoms with Gasteiger partial charge in [-0.05, 0) is 42.3 Å². The highest BCUT2D eigenvalue weighted by atomic mass is 16.5. The first-order valence-electron chi connectivity index (χ1n) is 8.10. The number of carbonyl (C=O) groups excluding carboxylic acids is 1. The minimum atomic E-state index is -0.252. The summed E-state index contributed by atoms with van der Waals surface area (Å²) in [5.41, 5.74) is 1.47. The molecule has 0 atom stereocenters. The van der Waals surface area contributed by atoms with Crippen LogP contribution in [0.5, 0.6) is 17.2 Å². The van der Waals surface area contributed by atoms with Gasteiger partial charge < -0.3 is 19.5 Å². The predicted octanol–water partition coefficient (Wildman–Crippen LogP) is 4.14. The minimum Gasteiger partial charge on any atom is -0.497 e. The summed E-state index contributed by atoms with van der Waals surface area (Å²) in [5.74, 6) is 1.78. The Kier molecular flexibility index (Phi) is 6.89. The zero-order valence-corrected chi connectivity index (χ0v) is 14.7. The predicted molar refractivity (Wildman–Crippen MR) is 99.4 cm³/mol. The van der Waals surface area contributed by atoms with E-state index in [1.54, 1.807) is 38.5 Å². The second-order valence-corrected chi connectivity index (χ2v) is 5.31. The van der Waals surface area contributed by atoms with Crippen LogP contribution in [-0.4, -0.2) is 26.7 Å². The summed E-state index contributed by atoms with van der Waals surface area (Å²) in [6.45, 7) is 2.76. The summed E-state index contributed by atoms with van der Waals surface area (Å²) in [5, 5.41) is 2.79. The number of nitrogens with one attached hydrogen (secondary N) is 1. The highest BCUT2D eigenvalue weighted by Gasteiger charge is 2.07. The van der Waals surface area contributed by atoms with Crippen LogP contribution in [-0.2, 0) is 4.79 Å². The molecule has 0 aliphatic carbocycles. The summed E-state index contributed by atoms with van der Waals surface area (Å²) in [4.78, 5) is 12.1. The van der Waals surface area contributed by atoms with Crippen molar-refractivity contribution in [2.75, 3.05) is 26.1 Å². The van der Waals surface area contributed by atoms with Gasteiger partial charge in [-0.3, -0.25) is 4.79 Å². The zero-order chi connectivity index (χ0) is 18.1. The van der Waals surface area contributed by atoms with E-state index < -0.39 is 0 Å². The topological polar surface area (TPSA) is 56.8 Å². The maximum Gasteiger partial charge on any atom is 0.248 e. The minimum absolute atomic E-state index is 0.252. The van der Waals surface area contributed by atoms with Crippen LogP contribution in [0, 0.1) is 0 Å². The Hall–Kier alpha value is -2.95. The molecular formula is C20H23NO4. The van der Waals surface area contributed by atoms with Crippen LogP contribution in [0.25, 0.3) is 6.08 Å². The summed E-state index contributed by atoms with van der Waals surface area (Å²) in [7, 11) is 3.12. The van der Waals surface area contributed by atoms with Gasteiger partial charge in [-0.2, -0.15) is 0 Å². The average molecular weight is 341 g/mol. The van der Waals surface area contributed by atoms with Gasteiger partial charge in [-0.1, -0.05) is 19.1 Å². The van der Waals surface area contributed by atoms with E-state index >= 15 is 0 Å². The van der Waals surface area contributed by atoms with Gasteiger partial charge in [-0.15, -0.1) is 0 Å². The van der Waals surface area contributed by atoms with Crippen molar-refractivity contribution in [1.29, 1.82) is 0 Å². The molecule has 2 aromatic rings. The fourth-order valence-electron chi connectivity index (χ4n) is 2.15. The van der Waals surface area contributed by atoms with Crippen LogP contribution >= 0.6 is 0 Å². The molecule has 0 saturated carbocycles. The number of amides is 1. The average Bonchev–Trinajstić information content (AvgIpc) is 2.65. The van der Waals surface area contributed by atoms with Crippen LogP contribution in [0.2, 0.25) is 0 Å². The van der Waals surface area contributed by atoms with Crippen LogP contribution < -0.4 is 19.5 Å². The summed E-state index contributed by atoms with van der Waals surface area (Å²) in [6, 6.07) is 12.8. The van der Waals surface area contributed by atoms with Crippen LogP contribution in [0.4, 0.5) is 5.69 Å². The summed E-state index contributed by atoms with van der Waals surface area (Å²) >= 11 is 0. The Balaban J connectivity index is 2.01. The molecule has 5 heteroatoms. The maximum absolute atomic E-state index is 12.1. The first-order chi connectivity index (χ1) is 12.2. The molecule has 0 saturated heterocycles. The first-order valence-corrected chi connectivity index (χ1v) is 8.10. The van der Waals surface area contributed by atoms with Gasteiger partial charge in [0.15, 0.2) is 0 Å². The SMILES string of the molecule is CCCOc1ccc(/C=C/C(=O)Nc2cc(OC)ccc2OC)cc1. The maximum atomic E-state index is 12.1. The Labute approximate surface area is 148 Å². The second kappa shape index (κ2) is 9.37. The first kappa shape index (κ1) is 18.4. The van der Waals surface area contributed by atoms with Crippen molar-refractivity contribution >= 4 is 17.7 Å². The molecule has 0 aliphatic rings. The normalized spacial score (nSPS) is 10.5. The lowest BCUT2D eigenvalue weighted by molar-refractivity contribution is -0.111. The van der Waals surface area contributed by atoms with Gasteiger partial charge in [0.1, 0.15) is 17.2 Å². The number of carbonyl (C=O) groups is 1. The highest BCUT2D eigenvalue weighted by Crippen LogP contribution is 2.28. The molecule has 0 bridgehead atoms. The summed E-state index contributed by atoms with van der Waals surface area (Å²) < 4.78 is 15.9. The summed E-state index contributed by atoms with van der Waals surface area (Å²) in [6.07, 6.45) is 4.18. The third kappa shape index (κ3) is 5.57. The Bertz CT molecular complexity index is 723. The molecule has 0 heterocycles. The van der Waals surface area contributed by atoms with Gasteiger partial charge in [-0.25, -0.2) is 0 Å². The van der Waals surface area contributed by atoms with Crippen molar-refractivity contribution in [2.24, 2.45) is 0 Å². The molecule has 2 aromatic carbocycles. The molecule has 1 N–H and O–H groups in total. The smallest absolute Gasteiger partial charge is 0.248 e. The monoisotopic (exact) mass is 341 g/mol. The van der Waals surface area contributed by atoms with Crippen molar-refractivity contribution < 1.29 is 19.0 Å². The van der Waals surface area contributed by atoms with Crippen LogP contribution in [0.1, 0.15) is 18.9 Å². The molecule has 0 aliphatic heterocycles. The van der Waals surface area contributed by atoms with E-state index in [4.69, 9.17) is 14.2 Å². The zero-order valence-electron chi connectivity index (χ0n) is 14.7. The fourth-order valence-corrected chi connectivity index (χ4v) is 2.15. The highest BCUT2D eigenvalue weighted by molar-refractivity contribution is 6.02. The lowest BCUT2D eigenvalue weighted by Crippen LogP contribution is -2.09. The molecule has 2 rings (SSSR count). The Morgan fingerprint density at radius 1 is 1.04 bits per heavy atom. The second-order valence-electron chi connectivity index (χ2n) is 5.31. The van der Waals surface area contributed by atoms with Crippen molar-refractivity contribution in [2.45, 2.75) is 13.3 Å². The van der Waals surface area contributed by atoms with Gasteiger partial charge in [0.2, 0.25) is 5.91 Å². The van der Waals surface area contributed by atoms with Crippen LogP contribution in [0.15, 0.2) is 48.5 Å². The van der Waals surface area contributed by atoms with Gasteiger partial charge >= 0.3 is 0 Å². The van der Waals surface area contributed by atoms with Crippen molar-refractivity contribution in [3.63, 3.8) is 0 Å². The molecule has 0 radical (unpaired) electrons. The molecule has 0 aromatic heterocycles. The molecule has 0 fully saturated rings. The van der Waals surface area contributed by atoms with E-state index in [9.17, 15) is 4.79 Å². The van der Waals surface area contributed by atoms with Gasteiger partial charge in [0.05, 0.1) is 26.5 Å². The molecule has 0 unspecified atom stereocenters. The number of methoxy groups -OCH3 is 2. The standard InChI is InChI=1S/C20H23NO4/c1-4-13-25-16-8-5-15(6-9-16)7-12-20(22)21-18-14-17(23-2)10-11-19(18)24-3/h5-12,14H,4,13H2,1-3H3,(H,21,22)/b12-7+. The third-order valence-electron chi connectivity index (χ3n) is 3.44. The van der Waals surface area contributed by atoms with Crippen molar-refractivity contribution in [3.05, 3.63) is 54.1 Å². The molecule has 0 spiro atoms. The van der Waals surface area contributed by atoms with E-state index in [0.29, 0.717) is 23.8 Å². The number of hydrogen-bond donors (Lipinski definition) is 1. The van der Waals surface area contributed by atoms with E-state index in [1.807, 2.05) is 24.3 Å². The Morgan fingerprint density at radius 2 is 1.76 bits per heavy atom. The third-order valence-corrected chi connectivity index (χ3v) is 3.44. The van der Waals surface area contributed by atoms with E-state index in [2.05, 4.69) is 12.2 Å². The fraction of sp³-hybridized carbons (Fsp3) is 0.250.